The molecule has 19 heavy (non-hydrogen) atoms. The van der Waals surface area contributed by atoms with E-state index in [1.54, 1.807) is 13.8 Å². The summed E-state index contributed by atoms with van der Waals surface area (Å²) in [5.41, 5.74) is 0.913. The number of carbonyl (C=O) groups is 1. The first-order valence-corrected chi connectivity index (χ1v) is 7.33. The summed E-state index contributed by atoms with van der Waals surface area (Å²) in [6.45, 7) is 4.54. The number of hydrogen-bond acceptors (Lipinski definition) is 5. The summed E-state index contributed by atoms with van der Waals surface area (Å²) in [6.07, 6.45) is -0.408. The quantitative estimate of drug-likeness (QED) is 0.778. The molecule has 1 saturated heterocycles. The van der Waals surface area contributed by atoms with Gasteiger partial charge in [-0.15, -0.1) is 0 Å². The highest BCUT2D eigenvalue weighted by Crippen LogP contribution is 2.15. The molecule has 0 saturated carbocycles. The largest absolute Gasteiger partial charge is 0.448 e. The first-order valence-electron chi connectivity index (χ1n) is 5.85. The molecule has 0 bridgehead atoms. The molecule has 0 unspecified atom stereocenters. The molecule has 2 N–H and O–H groups in total. The zero-order valence-corrected chi connectivity index (χ0v) is 11.6. The Hall–Kier alpha value is -1.61. The SMILES string of the molecule is Cc1n[nH]c(C)c1S(=O)(=O)NCCN1CCOC1=O. The molecule has 1 aliphatic rings. The van der Waals surface area contributed by atoms with Crippen LogP contribution in [-0.2, 0) is 14.8 Å². The van der Waals surface area contributed by atoms with Crippen LogP contribution in [0.25, 0.3) is 0 Å². The third kappa shape index (κ3) is 2.87. The van der Waals surface area contributed by atoms with Crippen LogP contribution in [0.4, 0.5) is 4.79 Å². The fraction of sp³-hybridized carbons (Fsp3) is 0.600. The third-order valence-electron chi connectivity index (χ3n) is 2.85. The number of rotatable bonds is 5. The van der Waals surface area contributed by atoms with E-state index < -0.39 is 16.1 Å². The van der Waals surface area contributed by atoms with Gasteiger partial charge in [0.1, 0.15) is 11.5 Å². The van der Waals surface area contributed by atoms with Gasteiger partial charge in [-0.05, 0) is 13.8 Å². The smallest absolute Gasteiger partial charge is 0.409 e. The second kappa shape index (κ2) is 5.17. The van der Waals surface area contributed by atoms with Crippen LogP contribution in [0.1, 0.15) is 11.4 Å². The minimum atomic E-state index is -3.61. The number of amides is 1. The number of ether oxygens (including phenoxy) is 1. The molecule has 2 rings (SSSR count). The van der Waals surface area contributed by atoms with Crippen LogP contribution < -0.4 is 4.72 Å². The summed E-state index contributed by atoms with van der Waals surface area (Å²) < 4.78 is 31.4. The predicted octanol–water partition coefficient (Wildman–Crippen LogP) is -0.243. The van der Waals surface area contributed by atoms with Gasteiger partial charge in [0.25, 0.3) is 0 Å². The molecule has 1 fully saturated rings. The maximum absolute atomic E-state index is 12.1. The fourth-order valence-corrected chi connectivity index (χ4v) is 3.34. The van der Waals surface area contributed by atoms with Crippen LogP contribution in [-0.4, -0.2) is 55.8 Å². The van der Waals surface area contributed by atoms with E-state index in [1.807, 2.05) is 0 Å². The lowest BCUT2D eigenvalue weighted by Gasteiger charge is -2.13. The standard InChI is InChI=1S/C10H16N4O4S/c1-7-9(8(2)13-12-7)19(16,17)11-3-4-14-5-6-18-10(14)15/h11H,3-6H2,1-2H3,(H,12,13). The summed E-state index contributed by atoms with van der Waals surface area (Å²) >= 11 is 0. The first-order chi connectivity index (χ1) is 8.92. The minimum Gasteiger partial charge on any atom is -0.448 e. The van der Waals surface area contributed by atoms with Gasteiger partial charge < -0.3 is 9.64 Å². The van der Waals surface area contributed by atoms with Crippen molar-refractivity contribution in [2.45, 2.75) is 18.7 Å². The van der Waals surface area contributed by atoms with E-state index in [1.165, 1.54) is 4.90 Å². The number of H-pyrrole nitrogens is 1. The Morgan fingerprint density at radius 2 is 2.21 bits per heavy atom. The molecule has 106 valence electrons. The van der Waals surface area contributed by atoms with Gasteiger partial charge in [-0.1, -0.05) is 0 Å². The number of aryl methyl sites for hydroxylation is 2. The van der Waals surface area contributed by atoms with Gasteiger partial charge in [0, 0.05) is 13.1 Å². The average Bonchev–Trinajstić information content (AvgIpc) is 2.86. The monoisotopic (exact) mass is 288 g/mol. The first kappa shape index (κ1) is 13.8. The number of nitrogens with zero attached hydrogens (tertiary/aromatic N) is 2. The molecule has 2 heterocycles. The summed E-state index contributed by atoms with van der Waals surface area (Å²) in [5.74, 6) is 0. The Bertz CT molecular complexity index is 561. The van der Waals surface area contributed by atoms with Crippen molar-refractivity contribution in [1.82, 2.24) is 19.8 Å². The summed E-state index contributed by atoms with van der Waals surface area (Å²) in [5, 5.41) is 6.48. The molecule has 0 atom stereocenters. The second-order valence-electron chi connectivity index (χ2n) is 4.26. The third-order valence-corrected chi connectivity index (χ3v) is 4.57. The van der Waals surface area contributed by atoms with Crippen molar-refractivity contribution in [3.05, 3.63) is 11.4 Å². The van der Waals surface area contributed by atoms with Gasteiger partial charge in [0.05, 0.1) is 17.9 Å². The van der Waals surface area contributed by atoms with E-state index in [9.17, 15) is 13.2 Å². The van der Waals surface area contributed by atoms with Gasteiger partial charge in [-0.25, -0.2) is 17.9 Å². The highest BCUT2D eigenvalue weighted by molar-refractivity contribution is 7.89. The van der Waals surface area contributed by atoms with Crippen molar-refractivity contribution in [1.29, 1.82) is 0 Å². The molecule has 0 radical (unpaired) electrons. The number of hydrogen-bond donors (Lipinski definition) is 2. The van der Waals surface area contributed by atoms with Gasteiger partial charge in [-0.3, -0.25) is 5.10 Å². The number of cyclic esters (lactones) is 1. The van der Waals surface area contributed by atoms with Crippen molar-refractivity contribution in [2.75, 3.05) is 26.2 Å². The fourth-order valence-electron chi connectivity index (χ4n) is 1.95. The molecule has 0 spiro atoms. The normalized spacial score (nSPS) is 15.9. The highest BCUT2D eigenvalue weighted by atomic mass is 32.2. The Kier molecular flexibility index (Phi) is 3.76. The van der Waals surface area contributed by atoms with Gasteiger partial charge in [-0.2, -0.15) is 5.10 Å². The zero-order chi connectivity index (χ0) is 14.0. The lowest BCUT2D eigenvalue weighted by molar-refractivity contribution is 0.159. The molecule has 1 amide bonds. The maximum atomic E-state index is 12.1. The molecule has 1 aromatic rings. The average molecular weight is 288 g/mol. The van der Waals surface area contributed by atoms with Crippen LogP contribution in [0.5, 0.6) is 0 Å². The van der Waals surface area contributed by atoms with Crippen LogP contribution in [0, 0.1) is 13.8 Å². The summed E-state index contributed by atoms with van der Waals surface area (Å²) in [6, 6.07) is 0. The van der Waals surface area contributed by atoms with Crippen molar-refractivity contribution >= 4 is 16.1 Å². The molecule has 0 aromatic carbocycles. The number of nitrogens with one attached hydrogen (secondary N) is 2. The number of aromatic amines is 1. The number of carbonyl (C=O) groups excluding carboxylic acids is 1. The molecule has 1 aromatic heterocycles. The van der Waals surface area contributed by atoms with Crippen molar-refractivity contribution in [3.63, 3.8) is 0 Å². The van der Waals surface area contributed by atoms with Gasteiger partial charge in [0.2, 0.25) is 10.0 Å². The van der Waals surface area contributed by atoms with E-state index in [2.05, 4.69) is 14.9 Å². The number of sulfonamides is 1. The molecular formula is C10H16N4O4S. The van der Waals surface area contributed by atoms with Crippen LogP contribution in [0.2, 0.25) is 0 Å². The minimum absolute atomic E-state index is 0.140. The van der Waals surface area contributed by atoms with E-state index in [0.717, 1.165) is 0 Å². The molecule has 1 aliphatic heterocycles. The Morgan fingerprint density at radius 1 is 1.47 bits per heavy atom. The Labute approximate surface area is 111 Å². The van der Waals surface area contributed by atoms with E-state index in [0.29, 0.717) is 24.5 Å². The zero-order valence-electron chi connectivity index (χ0n) is 10.8. The Balaban J connectivity index is 1.97. The second-order valence-corrected chi connectivity index (χ2v) is 5.97. The van der Waals surface area contributed by atoms with E-state index in [-0.39, 0.29) is 18.0 Å². The number of aromatic nitrogens is 2. The molecule has 8 nitrogen and oxygen atoms in total. The summed E-state index contributed by atoms with van der Waals surface area (Å²) in [4.78, 5) is 12.8. The van der Waals surface area contributed by atoms with Crippen molar-refractivity contribution < 1.29 is 17.9 Å². The predicted molar refractivity (Wildman–Crippen MR) is 66.2 cm³/mol. The van der Waals surface area contributed by atoms with Crippen molar-refractivity contribution in [2.24, 2.45) is 0 Å². The molecule has 9 heteroatoms. The molecule has 0 aliphatic carbocycles. The van der Waals surface area contributed by atoms with Crippen LogP contribution >= 0.6 is 0 Å². The summed E-state index contributed by atoms with van der Waals surface area (Å²) in [7, 11) is -3.61. The van der Waals surface area contributed by atoms with Crippen molar-refractivity contribution in [3.8, 4) is 0 Å². The Morgan fingerprint density at radius 3 is 2.74 bits per heavy atom. The lowest BCUT2D eigenvalue weighted by atomic mass is 10.4. The van der Waals surface area contributed by atoms with E-state index >= 15 is 0 Å². The molecular weight excluding hydrogens is 272 g/mol. The van der Waals surface area contributed by atoms with Crippen LogP contribution in [0.3, 0.4) is 0 Å². The topological polar surface area (TPSA) is 104 Å². The van der Waals surface area contributed by atoms with Crippen LogP contribution in [0.15, 0.2) is 4.90 Å². The maximum Gasteiger partial charge on any atom is 0.409 e. The van der Waals surface area contributed by atoms with Gasteiger partial charge >= 0.3 is 6.09 Å². The van der Waals surface area contributed by atoms with Gasteiger partial charge in [0.15, 0.2) is 0 Å². The highest BCUT2D eigenvalue weighted by Gasteiger charge is 2.24. The van der Waals surface area contributed by atoms with E-state index in [4.69, 9.17) is 4.74 Å². The lowest BCUT2D eigenvalue weighted by Crippen LogP contribution is -2.35.